The number of anilines is 1. The highest BCUT2D eigenvalue weighted by atomic mass is 32.1. The molecule has 0 radical (unpaired) electrons. The molecule has 0 saturated carbocycles. The fourth-order valence-corrected chi connectivity index (χ4v) is 2.93. The number of hydrogen-bond donors (Lipinski definition) is 2. The summed E-state index contributed by atoms with van der Waals surface area (Å²) in [4.78, 5) is 25.6. The second-order valence-electron chi connectivity index (χ2n) is 6.07. The Hall–Kier alpha value is -2.93. The first-order chi connectivity index (χ1) is 12.5. The molecule has 0 spiro atoms. The molecule has 26 heavy (non-hydrogen) atoms. The molecule has 3 rings (SSSR count). The molecule has 0 fully saturated rings. The third-order valence-corrected chi connectivity index (χ3v) is 4.60. The van der Waals surface area contributed by atoms with Crippen molar-refractivity contribution in [1.82, 2.24) is 15.1 Å². The number of nitrogens with zero attached hydrogens (tertiary/aromatic N) is 2. The molecule has 2 N–H and O–H groups in total. The lowest BCUT2D eigenvalue weighted by Gasteiger charge is -2.10. The second kappa shape index (κ2) is 7.97. The standard InChI is InChI=1S/C19H20N4O2S/c1-13(2)18(24)21-17-11-16(19(25)20-12-15-9-6-10-26-15)22-23(17)14-7-4-3-5-8-14/h3-11,13H,12H2,1-2H3,(H,20,25)(H,21,24). The second-order valence-corrected chi connectivity index (χ2v) is 7.10. The SMILES string of the molecule is CC(C)C(=O)Nc1cc(C(=O)NCc2cccs2)nn1-c1ccccc1. The Morgan fingerprint density at radius 1 is 1.15 bits per heavy atom. The van der Waals surface area contributed by atoms with E-state index < -0.39 is 0 Å². The highest BCUT2D eigenvalue weighted by molar-refractivity contribution is 7.09. The van der Waals surface area contributed by atoms with Crippen LogP contribution in [0.2, 0.25) is 0 Å². The van der Waals surface area contributed by atoms with Gasteiger partial charge in [0.1, 0.15) is 5.82 Å². The van der Waals surface area contributed by atoms with Gasteiger partial charge in [-0.2, -0.15) is 5.10 Å². The Balaban J connectivity index is 1.85. The van der Waals surface area contributed by atoms with Crippen LogP contribution in [0.4, 0.5) is 5.82 Å². The minimum Gasteiger partial charge on any atom is -0.346 e. The molecule has 1 aromatic carbocycles. The van der Waals surface area contributed by atoms with Crippen molar-refractivity contribution in [1.29, 1.82) is 0 Å². The van der Waals surface area contributed by atoms with Gasteiger partial charge in [-0.1, -0.05) is 38.1 Å². The first-order valence-electron chi connectivity index (χ1n) is 8.31. The Bertz CT molecular complexity index is 886. The number of carbonyl (C=O) groups excluding carboxylic acids is 2. The molecule has 2 amide bonds. The number of rotatable bonds is 6. The lowest BCUT2D eigenvalue weighted by atomic mass is 10.2. The fourth-order valence-electron chi connectivity index (χ4n) is 2.29. The molecule has 6 nitrogen and oxygen atoms in total. The molecule has 3 aromatic rings. The lowest BCUT2D eigenvalue weighted by molar-refractivity contribution is -0.118. The van der Waals surface area contributed by atoms with E-state index in [1.807, 2.05) is 61.7 Å². The number of benzene rings is 1. The molecule has 2 heterocycles. The smallest absolute Gasteiger partial charge is 0.272 e. The summed E-state index contributed by atoms with van der Waals surface area (Å²) in [5.41, 5.74) is 1.02. The quantitative estimate of drug-likeness (QED) is 0.700. The van der Waals surface area contributed by atoms with Gasteiger partial charge in [0.05, 0.1) is 12.2 Å². The molecule has 0 atom stereocenters. The minimum atomic E-state index is -0.284. The van der Waals surface area contributed by atoms with Gasteiger partial charge in [0.25, 0.3) is 5.91 Å². The Kier molecular flexibility index (Phi) is 5.48. The fraction of sp³-hybridized carbons (Fsp3) is 0.211. The number of aromatic nitrogens is 2. The van der Waals surface area contributed by atoms with Crippen molar-refractivity contribution in [3.8, 4) is 5.69 Å². The van der Waals surface area contributed by atoms with Gasteiger partial charge >= 0.3 is 0 Å². The van der Waals surface area contributed by atoms with Crippen LogP contribution in [0.15, 0.2) is 53.9 Å². The number of amides is 2. The zero-order chi connectivity index (χ0) is 18.5. The van der Waals surface area contributed by atoms with Crippen molar-refractivity contribution in [3.63, 3.8) is 0 Å². The van der Waals surface area contributed by atoms with Crippen molar-refractivity contribution < 1.29 is 9.59 Å². The highest BCUT2D eigenvalue weighted by Crippen LogP contribution is 2.18. The van der Waals surface area contributed by atoms with Crippen LogP contribution in [0, 0.1) is 5.92 Å². The van der Waals surface area contributed by atoms with E-state index in [-0.39, 0.29) is 23.4 Å². The summed E-state index contributed by atoms with van der Waals surface area (Å²) in [5, 5.41) is 12.0. The van der Waals surface area contributed by atoms with Crippen LogP contribution in [-0.2, 0) is 11.3 Å². The molecule has 0 saturated heterocycles. The average molecular weight is 368 g/mol. The van der Waals surface area contributed by atoms with E-state index in [1.54, 1.807) is 22.1 Å². The van der Waals surface area contributed by atoms with E-state index in [0.29, 0.717) is 12.4 Å². The maximum atomic E-state index is 12.5. The van der Waals surface area contributed by atoms with Gasteiger partial charge in [0, 0.05) is 16.9 Å². The first kappa shape index (κ1) is 17.9. The molecule has 0 aliphatic heterocycles. The van der Waals surface area contributed by atoms with Crippen molar-refractivity contribution in [3.05, 3.63) is 64.5 Å². The van der Waals surface area contributed by atoms with Gasteiger partial charge in [0.15, 0.2) is 5.69 Å². The van der Waals surface area contributed by atoms with Crippen LogP contribution in [0.25, 0.3) is 5.69 Å². The Morgan fingerprint density at radius 2 is 1.92 bits per heavy atom. The van der Waals surface area contributed by atoms with Crippen molar-refractivity contribution >= 4 is 29.0 Å². The van der Waals surface area contributed by atoms with Crippen LogP contribution >= 0.6 is 11.3 Å². The number of hydrogen-bond acceptors (Lipinski definition) is 4. The van der Waals surface area contributed by atoms with Crippen LogP contribution in [-0.4, -0.2) is 21.6 Å². The Labute approximate surface area is 155 Å². The topological polar surface area (TPSA) is 76.0 Å². The zero-order valence-electron chi connectivity index (χ0n) is 14.6. The van der Waals surface area contributed by atoms with E-state index >= 15 is 0 Å². The number of nitrogens with one attached hydrogen (secondary N) is 2. The largest absolute Gasteiger partial charge is 0.346 e. The molecule has 134 valence electrons. The summed E-state index contributed by atoms with van der Waals surface area (Å²) in [5.74, 6) is -0.123. The van der Waals surface area contributed by atoms with Crippen LogP contribution < -0.4 is 10.6 Å². The van der Waals surface area contributed by atoms with Crippen molar-refractivity contribution in [2.24, 2.45) is 5.92 Å². The summed E-state index contributed by atoms with van der Waals surface area (Å²) in [6, 6.07) is 14.9. The van der Waals surface area contributed by atoms with E-state index in [9.17, 15) is 9.59 Å². The third kappa shape index (κ3) is 4.18. The molecule has 7 heteroatoms. The monoisotopic (exact) mass is 368 g/mol. The van der Waals surface area contributed by atoms with Gasteiger partial charge in [-0.05, 0) is 23.6 Å². The number of para-hydroxylation sites is 1. The molecule has 2 aromatic heterocycles. The van der Waals surface area contributed by atoms with Gasteiger partial charge in [-0.3, -0.25) is 9.59 Å². The van der Waals surface area contributed by atoms with E-state index in [1.165, 1.54) is 0 Å². The minimum absolute atomic E-state index is 0.132. The molecule has 0 bridgehead atoms. The predicted molar refractivity (Wildman–Crippen MR) is 103 cm³/mol. The molecular formula is C19H20N4O2S. The summed E-state index contributed by atoms with van der Waals surface area (Å²) < 4.78 is 1.57. The van der Waals surface area contributed by atoms with E-state index in [2.05, 4.69) is 15.7 Å². The first-order valence-corrected chi connectivity index (χ1v) is 9.19. The predicted octanol–water partition coefficient (Wildman–Crippen LogP) is 3.46. The van der Waals surface area contributed by atoms with Crippen LogP contribution in [0.3, 0.4) is 0 Å². The van der Waals surface area contributed by atoms with Gasteiger partial charge in [-0.25, -0.2) is 4.68 Å². The van der Waals surface area contributed by atoms with Gasteiger partial charge in [-0.15, -0.1) is 11.3 Å². The van der Waals surface area contributed by atoms with Crippen molar-refractivity contribution in [2.75, 3.05) is 5.32 Å². The highest BCUT2D eigenvalue weighted by Gasteiger charge is 2.18. The van der Waals surface area contributed by atoms with Gasteiger partial charge in [0.2, 0.25) is 5.91 Å². The lowest BCUT2D eigenvalue weighted by Crippen LogP contribution is -2.22. The maximum Gasteiger partial charge on any atom is 0.272 e. The summed E-state index contributed by atoms with van der Waals surface area (Å²) >= 11 is 1.58. The van der Waals surface area contributed by atoms with Gasteiger partial charge < -0.3 is 10.6 Å². The summed E-state index contributed by atoms with van der Waals surface area (Å²) in [7, 11) is 0. The summed E-state index contributed by atoms with van der Waals surface area (Å²) in [6.45, 7) is 4.07. The third-order valence-electron chi connectivity index (χ3n) is 3.72. The molecule has 0 aliphatic rings. The Morgan fingerprint density at radius 3 is 2.58 bits per heavy atom. The maximum absolute atomic E-state index is 12.5. The molecule has 0 aliphatic carbocycles. The summed E-state index contributed by atoms with van der Waals surface area (Å²) in [6.07, 6.45) is 0. The average Bonchev–Trinajstić information content (AvgIpc) is 3.30. The van der Waals surface area contributed by atoms with Crippen molar-refractivity contribution in [2.45, 2.75) is 20.4 Å². The molecular weight excluding hydrogens is 348 g/mol. The van der Waals surface area contributed by atoms with E-state index in [4.69, 9.17) is 0 Å². The van der Waals surface area contributed by atoms with E-state index in [0.717, 1.165) is 10.6 Å². The normalized spacial score (nSPS) is 10.7. The number of thiophene rings is 1. The number of carbonyl (C=O) groups is 2. The van der Waals surface area contributed by atoms with Crippen LogP contribution in [0.1, 0.15) is 29.2 Å². The van der Waals surface area contributed by atoms with Crippen LogP contribution in [0.5, 0.6) is 0 Å². The zero-order valence-corrected chi connectivity index (χ0v) is 15.4. The molecule has 0 unspecified atom stereocenters.